The van der Waals surface area contributed by atoms with Crippen molar-refractivity contribution in [3.05, 3.63) is 59.4 Å². The van der Waals surface area contributed by atoms with Crippen LogP contribution in [0.2, 0.25) is 0 Å². The summed E-state index contributed by atoms with van der Waals surface area (Å²) in [4.78, 5) is 23.0. The van der Waals surface area contributed by atoms with Gasteiger partial charge < -0.3 is 16.0 Å². The number of nitrogens with zero attached hydrogens (tertiary/aromatic N) is 3. The second-order valence-corrected chi connectivity index (χ2v) is 9.50. The Labute approximate surface area is 193 Å². The first-order chi connectivity index (χ1) is 15.6. The van der Waals surface area contributed by atoms with Gasteiger partial charge in [0.1, 0.15) is 28.0 Å². The summed E-state index contributed by atoms with van der Waals surface area (Å²) >= 11 is 0.969. The third-order valence-electron chi connectivity index (χ3n) is 5.75. The highest BCUT2D eigenvalue weighted by atomic mass is 32.1. The number of benzene rings is 1. The van der Waals surface area contributed by atoms with Crippen LogP contribution < -0.4 is 16.0 Å². The zero-order chi connectivity index (χ0) is 23.8. The third kappa shape index (κ3) is 5.01. The number of nitrogens with two attached hydrogens (primary N) is 1. The van der Waals surface area contributed by atoms with Gasteiger partial charge in [0.2, 0.25) is 0 Å². The van der Waals surface area contributed by atoms with E-state index in [4.69, 9.17) is 5.73 Å². The van der Waals surface area contributed by atoms with Crippen LogP contribution in [0.3, 0.4) is 0 Å². The molecular weight excluding hydrogens is 451 g/mol. The molecule has 0 spiro atoms. The van der Waals surface area contributed by atoms with E-state index in [-0.39, 0.29) is 28.2 Å². The van der Waals surface area contributed by atoms with Crippen LogP contribution in [0.5, 0.6) is 0 Å². The van der Waals surface area contributed by atoms with Crippen molar-refractivity contribution in [1.82, 2.24) is 9.97 Å². The van der Waals surface area contributed by atoms with E-state index in [1.165, 1.54) is 17.6 Å². The zero-order valence-electron chi connectivity index (χ0n) is 18.2. The van der Waals surface area contributed by atoms with E-state index in [1.54, 1.807) is 26.1 Å². The Kier molecular flexibility index (Phi) is 6.40. The number of nitrogens with one attached hydrogen (secondary N) is 1. The summed E-state index contributed by atoms with van der Waals surface area (Å²) in [6.45, 7) is 4.03. The van der Waals surface area contributed by atoms with Crippen LogP contribution >= 0.6 is 11.3 Å². The minimum atomic E-state index is -1.40. The van der Waals surface area contributed by atoms with Gasteiger partial charge in [-0.05, 0) is 38.5 Å². The second kappa shape index (κ2) is 9.11. The van der Waals surface area contributed by atoms with E-state index in [0.29, 0.717) is 30.9 Å². The van der Waals surface area contributed by atoms with Gasteiger partial charge in [-0.3, -0.25) is 9.78 Å². The van der Waals surface area contributed by atoms with E-state index in [0.717, 1.165) is 23.5 Å². The quantitative estimate of drug-likeness (QED) is 0.562. The Bertz CT molecular complexity index is 1140. The molecule has 3 N–H and O–H groups in total. The number of anilines is 2. The van der Waals surface area contributed by atoms with Gasteiger partial charge in [0.05, 0.1) is 23.1 Å². The van der Waals surface area contributed by atoms with E-state index in [9.17, 15) is 18.0 Å². The number of pyridine rings is 1. The number of piperidine rings is 1. The average molecular weight is 476 g/mol. The lowest BCUT2D eigenvalue weighted by atomic mass is 9.83. The molecule has 3 aromatic rings. The summed E-state index contributed by atoms with van der Waals surface area (Å²) < 4.78 is 42.8. The Balaban J connectivity index is 1.56. The molecule has 1 aliphatic rings. The molecule has 1 aromatic carbocycles. The van der Waals surface area contributed by atoms with Crippen molar-refractivity contribution < 1.29 is 18.0 Å². The van der Waals surface area contributed by atoms with Gasteiger partial charge in [-0.2, -0.15) is 0 Å². The monoisotopic (exact) mass is 475 g/mol. The lowest BCUT2D eigenvalue weighted by molar-refractivity contribution is 0.102. The minimum Gasteiger partial charge on any atom is -0.368 e. The number of hydrogen-bond donors (Lipinski definition) is 2. The number of thiazole rings is 1. The summed E-state index contributed by atoms with van der Waals surface area (Å²) in [5.41, 5.74) is 5.62. The molecule has 174 valence electrons. The number of amides is 1. The molecule has 0 radical (unpaired) electrons. The van der Waals surface area contributed by atoms with Crippen molar-refractivity contribution in [2.45, 2.75) is 32.0 Å². The molecule has 33 heavy (non-hydrogen) atoms. The Hall–Kier alpha value is -2.98. The number of halogens is 3. The lowest BCUT2D eigenvalue weighted by Gasteiger charge is -2.42. The summed E-state index contributed by atoms with van der Waals surface area (Å²) in [5.74, 6) is -2.32. The first kappa shape index (κ1) is 23.2. The van der Waals surface area contributed by atoms with Crippen LogP contribution in [-0.4, -0.2) is 40.7 Å². The second-order valence-electron chi connectivity index (χ2n) is 8.64. The average Bonchev–Trinajstić information content (AvgIpc) is 3.23. The van der Waals surface area contributed by atoms with Crippen LogP contribution in [-0.2, 0) is 0 Å². The number of alkyl halides is 1. The smallest absolute Gasteiger partial charge is 0.275 e. The van der Waals surface area contributed by atoms with Crippen LogP contribution in [0, 0.1) is 17.6 Å². The summed E-state index contributed by atoms with van der Waals surface area (Å²) in [7, 11) is 0. The Morgan fingerprint density at radius 3 is 2.67 bits per heavy atom. The van der Waals surface area contributed by atoms with E-state index in [1.807, 2.05) is 4.90 Å². The number of hydrogen-bond acceptors (Lipinski definition) is 6. The molecule has 0 saturated carbocycles. The summed E-state index contributed by atoms with van der Waals surface area (Å²) in [6, 6.07) is 5.05. The fraction of sp³-hybridized carbons (Fsp3) is 0.348. The SMILES string of the molecule is CC(C)(F)C1CC(N)CN(c2ccncc2NC(=O)c2csc(-c3c(F)cccc3F)n2)C1. The van der Waals surface area contributed by atoms with Crippen molar-refractivity contribution in [3.8, 4) is 10.6 Å². The van der Waals surface area contributed by atoms with E-state index in [2.05, 4.69) is 15.3 Å². The topological polar surface area (TPSA) is 84.1 Å². The molecule has 1 amide bonds. The molecule has 0 aliphatic carbocycles. The standard InChI is InChI=1S/C23H24F3N5OS/c1-23(2,26)13-8-14(27)11-31(10-13)19-6-7-28-9-17(19)29-21(32)18-12-33-22(30-18)20-15(24)4-3-5-16(20)25/h3-7,9,12-14H,8,10-11,27H2,1-2H3,(H,29,32). The maximum absolute atomic E-state index is 14.6. The highest BCUT2D eigenvalue weighted by Gasteiger charge is 2.36. The first-order valence-electron chi connectivity index (χ1n) is 10.5. The molecule has 1 fully saturated rings. The first-order valence-corrected chi connectivity index (χ1v) is 11.4. The molecule has 2 aromatic heterocycles. The highest BCUT2D eigenvalue weighted by molar-refractivity contribution is 7.13. The van der Waals surface area contributed by atoms with Crippen molar-refractivity contribution in [1.29, 1.82) is 0 Å². The van der Waals surface area contributed by atoms with Crippen molar-refractivity contribution >= 4 is 28.6 Å². The largest absolute Gasteiger partial charge is 0.368 e. The number of carbonyl (C=O) groups is 1. The predicted octanol–water partition coefficient (Wildman–Crippen LogP) is 4.64. The molecule has 3 heterocycles. The van der Waals surface area contributed by atoms with Crippen LogP contribution in [0.4, 0.5) is 24.5 Å². The normalized spacial score (nSPS) is 18.9. The van der Waals surface area contributed by atoms with Gasteiger partial charge in [-0.25, -0.2) is 18.2 Å². The van der Waals surface area contributed by atoms with Crippen LogP contribution in [0.25, 0.3) is 10.6 Å². The molecule has 2 atom stereocenters. The summed E-state index contributed by atoms with van der Waals surface area (Å²) in [5, 5.41) is 4.27. The molecule has 1 saturated heterocycles. The Morgan fingerprint density at radius 2 is 1.97 bits per heavy atom. The van der Waals surface area contributed by atoms with E-state index >= 15 is 0 Å². The fourth-order valence-electron chi connectivity index (χ4n) is 3.97. The molecule has 1 aliphatic heterocycles. The number of rotatable bonds is 5. The van der Waals surface area contributed by atoms with Crippen LogP contribution in [0.15, 0.2) is 42.0 Å². The van der Waals surface area contributed by atoms with Crippen molar-refractivity contribution in [2.75, 3.05) is 23.3 Å². The van der Waals surface area contributed by atoms with Crippen LogP contribution in [0.1, 0.15) is 30.8 Å². The van der Waals surface area contributed by atoms with Gasteiger partial charge >= 0.3 is 0 Å². The Morgan fingerprint density at radius 1 is 1.24 bits per heavy atom. The van der Waals surface area contributed by atoms with Crippen molar-refractivity contribution in [3.63, 3.8) is 0 Å². The van der Waals surface area contributed by atoms with Gasteiger partial charge in [-0.15, -0.1) is 11.3 Å². The van der Waals surface area contributed by atoms with E-state index < -0.39 is 23.2 Å². The van der Waals surface area contributed by atoms with Gasteiger partial charge in [0, 0.05) is 36.6 Å². The molecular formula is C23H24F3N5OS. The molecule has 2 unspecified atom stereocenters. The molecule has 6 nitrogen and oxygen atoms in total. The number of aromatic nitrogens is 2. The van der Waals surface area contributed by atoms with Gasteiger partial charge in [0.25, 0.3) is 5.91 Å². The van der Waals surface area contributed by atoms with Crippen molar-refractivity contribution in [2.24, 2.45) is 11.7 Å². The number of carbonyl (C=O) groups excluding carboxylic acids is 1. The van der Waals surface area contributed by atoms with Gasteiger partial charge in [-0.1, -0.05) is 6.07 Å². The third-order valence-corrected chi connectivity index (χ3v) is 6.61. The maximum atomic E-state index is 14.6. The minimum absolute atomic E-state index is 0.0190. The fourth-order valence-corrected chi connectivity index (χ4v) is 4.82. The predicted molar refractivity (Wildman–Crippen MR) is 123 cm³/mol. The van der Waals surface area contributed by atoms with Gasteiger partial charge in [0.15, 0.2) is 0 Å². The lowest BCUT2D eigenvalue weighted by Crippen LogP contribution is -2.51. The molecule has 0 bridgehead atoms. The maximum Gasteiger partial charge on any atom is 0.275 e. The highest BCUT2D eigenvalue weighted by Crippen LogP contribution is 2.35. The zero-order valence-corrected chi connectivity index (χ0v) is 19.0. The molecule has 4 rings (SSSR count). The summed E-state index contributed by atoms with van der Waals surface area (Å²) in [6.07, 6.45) is 3.65. The molecule has 10 heteroatoms.